The van der Waals surface area contributed by atoms with Crippen LogP contribution in [0.15, 0.2) is 22.4 Å². The van der Waals surface area contributed by atoms with Crippen LogP contribution in [0.2, 0.25) is 0 Å². The Balaban J connectivity index is 0.000000490. The van der Waals surface area contributed by atoms with E-state index in [0.29, 0.717) is 0 Å². The number of hydrogen-bond acceptors (Lipinski definition) is 3. The fourth-order valence-corrected chi connectivity index (χ4v) is 0.284. The van der Waals surface area contributed by atoms with Gasteiger partial charge in [-0.25, -0.2) is 4.99 Å². The Labute approximate surface area is 53.6 Å². The molecule has 1 rings (SSSR count). The van der Waals surface area contributed by atoms with Crippen molar-refractivity contribution >= 4 is 25.0 Å². The monoisotopic (exact) mass is 131 g/mol. The van der Waals surface area contributed by atoms with Crippen LogP contribution in [0.4, 0.5) is 0 Å². The van der Waals surface area contributed by atoms with Gasteiger partial charge in [-0.1, -0.05) is 0 Å². The van der Waals surface area contributed by atoms with Gasteiger partial charge in [0.15, 0.2) is 0 Å². The Morgan fingerprint density at radius 1 is 1.38 bits per heavy atom. The van der Waals surface area contributed by atoms with Gasteiger partial charge in [0.05, 0.1) is 0 Å². The van der Waals surface area contributed by atoms with Crippen LogP contribution in [0.1, 0.15) is 0 Å². The van der Waals surface area contributed by atoms with E-state index in [9.17, 15) is 0 Å². The van der Waals surface area contributed by atoms with E-state index in [1.54, 1.807) is 18.5 Å². The summed E-state index contributed by atoms with van der Waals surface area (Å²) in [5.41, 5.74) is 2.61. The smallest absolute Gasteiger partial charge is 0.135 e. The Hall–Kier alpha value is -0.830. The highest BCUT2D eigenvalue weighted by molar-refractivity contribution is 5.85. The molecule has 1 heterocycles. The van der Waals surface area contributed by atoms with Gasteiger partial charge in [0.25, 0.3) is 0 Å². The highest BCUT2D eigenvalue weighted by Gasteiger charge is 1.68. The van der Waals surface area contributed by atoms with Crippen LogP contribution in [0.25, 0.3) is 0 Å². The van der Waals surface area contributed by atoms with Gasteiger partial charge in [0, 0.05) is 12.4 Å². The average Bonchev–Trinajstić information content (AvgIpc) is 1.90. The Kier molecular flexibility index (Phi) is 3.88. The molecule has 4 heteroatoms. The third kappa shape index (κ3) is 2.36. The van der Waals surface area contributed by atoms with Crippen LogP contribution in [-0.4, -0.2) is 12.6 Å². The highest BCUT2D eigenvalue weighted by atomic mass is 35.5. The lowest BCUT2D eigenvalue weighted by Crippen LogP contribution is -1.89. The first-order valence-electron chi connectivity index (χ1n) is 1.95. The fraction of sp³-hybridized carbons (Fsp3) is 0. The molecule has 3 nitrogen and oxygen atoms in total. The second-order valence-corrected chi connectivity index (χ2v) is 1.03. The predicted molar refractivity (Wildman–Crippen MR) is 36.5 cm³/mol. The number of halogens is 1. The first-order valence-corrected chi connectivity index (χ1v) is 1.95. The third-order valence-electron chi connectivity index (χ3n) is 0.542. The van der Waals surface area contributed by atoms with E-state index in [1.165, 1.54) is 6.34 Å². The van der Waals surface area contributed by atoms with E-state index in [1.807, 2.05) is 0 Å². The molecule has 0 aromatic rings. The third-order valence-corrected chi connectivity index (χ3v) is 0.542. The van der Waals surface area contributed by atoms with Crippen molar-refractivity contribution in [1.29, 1.82) is 0 Å². The lowest BCUT2D eigenvalue weighted by atomic mass is 10.7. The molecule has 0 aromatic carbocycles. The summed E-state index contributed by atoms with van der Waals surface area (Å²) in [5, 5.41) is 3.61. The molecule has 0 bridgehead atoms. The summed E-state index contributed by atoms with van der Waals surface area (Å²) in [6.07, 6.45) is 6.57. The fourth-order valence-electron chi connectivity index (χ4n) is 0.284. The molecular weight excluding hydrogens is 126 g/mol. The van der Waals surface area contributed by atoms with Gasteiger partial charge in [-0.3, -0.25) is 5.43 Å². The molecule has 0 aromatic heterocycles. The lowest BCUT2D eigenvalue weighted by Gasteiger charge is -1.77. The maximum atomic E-state index is 3.70. The Bertz CT molecular complexity index is 113. The van der Waals surface area contributed by atoms with Crippen LogP contribution in [-0.2, 0) is 0 Å². The maximum absolute atomic E-state index is 3.70. The standard InChI is InChI=1S/C4H5N3.ClH/c1-2-5-4-7-6-3-1;/h1-4,6H;1H. The second-order valence-electron chi connectivity index (χ2n) is 1.03. The van der Waals surface area contributed by atoms with E-state index in [4.69, 9.17) is 0 Å². The number of allylic oxidation sites excluding steroid dienone is 1. The Morgan fingerprint density at radius 2 is 2.25 bits per heavy atom. The molecule has 0 spiro atoms. The molecule has 1 aliphatic heterocycles. The molecule has 8 heavy (non-hydrogen) atoms. The number of hydrogen-bond donors (Lipinski definition) is 1. The van der Waals surface area contributed by atoms with Gasteiger partial charge in [-0.15, -0.1) is 12.4 Å². The van der Waals surface area contributed by atoms with E-state index >= 15 is 0 Å². The zero-order chi connectivity index (χ0) is 4.95. The van der Waals surface area contributed by atoms with Gasteiger partial charge in [-0.2, -0.15) is 5.10 Å². The zero-order valence-electron chi connectivity index (χ0n) is 4.11. The average molecular weight is 132 g/mol. The van der Waals surface area contributed by atoms with Gasteiger partial charge < -0.3 is 0 Å². The van der Waals surface area contributed by atoms with Gasteiger partial charge in [-0.05, 0) is 6.08 Å². The van der Waals surface area contributed by atoms with Crippen molar-refractivity contribution in [3.63, 3.8) is 0 Å². The van der Waals surface area contributed by atoms with Crippen molar-refractivity contribution in [3.05, 3.63) is 12.3 Å². The number of nitrogens with one attached hydrogen (secondary N) is 1. The van der Waals surface area contributed by atoms with Crippen LogP contribution >= 0.6 is 12.4 Å². The van der Waals surface area contributed by atoms with Crippen LogP contribution in [0, 0.1) is 0 Å². The van der Waals surface area contributed by atoms with E-state index < -0.39 is 0 Å². The van der Waals surface area contributed by atoms with Crippen LogP contribution < -0.4 is 5.43 Å². The molecule has 44 valence electrons. The van der Waals surface area contributed by atoms with E-state index in [0.717, 1.165) is 0 Å². The van der Waals surface area contributed by atoms with Crippen molar-refractivity contribution in [2.45, 2.75) is 0 Å². The number of rotatable bonds is 0. The molecule has 0 atom stereocenters. The molecule has 0 aliphatic carbocycles. The highest BCUT2D eigenvalue weighted by Crippen LogP contribution is 1.69. The topological polar surface area (TPSA) is 36.8 Å². The molecule has 0 saturated heterocycles. The Morgan fingerprint density at radius 3 is 3.12 bits per heavy atom. The number of nitrogens with zero attached hydrogens (tertiary/aromatic N) is 2. The number of aliphatic imine (C=N–C) groups is 1. The maximum Gasteiger partial charge on any atom is 0.135 e. The molecule has 0 amide bonds. The summed E-state index contributed by atoms with van der Waals surface area (Å²) in [4.78, 5) is 3.70. The molecule has 0 saturated carbocycles. The minimum Gasteiger partial charge on any atom is -0.284 e. The van der Waals surface area contributed by atoms with Gasteiger partial charge in [0.2, 0.25) is 0 Å². The SMILES string of the molecule is C1=CNN=CN=C1.Cl. The molecule has 0 fully saturated rings. The van der Waals surface area contributed by atoms with Gasteiger partial charge in [0.1, 0.15) is 6.34 Å². The minimum absolute atomic E-state index is 0. The van der Waals surface area contributed by atoms with Crippen molar-refractivity contribution < 1.29 is 0 Å². The summed E-state index contributed by atoms with van der Waals surface area (Å²) in [6.45, 7) is 0. The van der Waals surface area contributed by atoms with Crippen molar-refractivity contribution in [3.8, 4) is 0 Å². The summed E-state index contributed by atoms with van der Waals surface area (Å²) >= 11 is 0. The lowest BCUT2D eigenvalue weighted by molar-refractivity contribution is 0.977. The van der Waals surface area contributed by atoms with E-state index in [-0.39, 0.29) is 12.4 Å². The normalized spacial score (nSPS) is 14.0. The van der Waals surface area contributed by atoms with Crippen LogP contribution in [0.3, 0.4) is 0 Å². The second kappa shape index (κ2) is 4.33. The quantitative estimate of drug-likeness (QED) is 0.512. The summed E-state index contributed by atoms with van der Waals surface area (Å²) in [7, 11) is 0. The van der Waals surface area contributed by atoms with Crippen molar-refractivity contribution in [2.24, 2.45) is 10.1 Å². The van der Waals surface area contributed by atoms with Crippen molar-refractivity contribution in [1.82, 2.24) is 5.43 Å². The molecule has 0 unspecified atom stereocenters. The van der Waals surface area contributed by atoms with Crippen molar-refractivity contribution in [2.75, 3.05) is 0 Å². The molecule has 1 N–H and O–H groups in total. The van der Waals surface area contributed by atoms with Crippen LogP contribution in [0.5, 0.6) is 0 Å². The molecule has 1 aliphatic rings. The number of hydrazone groups is 1. The largest absolute Gasteiger partial charge is 0.284 e. The minimum atomic E-state index is 0. The summed E-state index contributed by atoms with van der Waals surface area (Å²) in [6, 6.07) is 0. The first-order chi connectivity index (χ1) is 3.50. The summed E-state index contributed by atoms with van der Waals surface area (Å²) < 4.78 is 0. The van der Waals surface area contributed by atoms with Gasteiger partial charge >= 0.3 is 0 Å². The zero-order valence-corrected chi connectivity index (χ0v) is 4.93. The van der Waals surface area contributed by atoms with E-state index in [2.05, 4.69) is 15.5 Å². The predicted octanol–water partition coefficient (Wildman–Crippen LogP) is 0.539. The molecular formula is C4H6ClN3. The summed E-state index contributed by atoms with van der Waals surface area (Å²) in [5.74, 6) is 0. The molecule has 0 radical (unpaired) electrons. The first kappa shape index (κ1) is 7.17.